The van der Waals surface area contributed by atoms with E-state index in [0.29, 0.717) is 6.29 Å². The second kappa shape index (κ2) is 8.04. The molecule has 0 spiro atoms. The van der Waals surface area contributed by atoms with E-state index in [1.54, 1.807) is 24.3 Å². The fourth-order valence-corrected chi connectivity index (χ4v) is 1.90. The molecule has 2 unspecified atom stereocenters. The topological polar surface area (TPSA) is 121 Å². The fourth-order valence-electron chi connectivity index (χ4n) is 1.90. The molecule has 7 heteroatoms. The maximum Gasteiger partial charge on any atom is 0.336 e. The average Bonchev–Trinajstić information content (AvgIpc) is 2.47. The Kier molecular flexibility index (Phi) is 6.40. The lowest BCUT2D eigenvalue weighted by molar-refractivity contribution is -0.163. The normalized spacial score (nSPS) is 14.4. The third kappa shape index (κ3) is 5.10. The van der Waals surface area contributed by atoms with E-state index >= 15 is 0 Å². The summed E-state index contributed by atoms with van der Waals surface area (Å²) in [5.74, 6) is -2.49. The molecule has 1 amide bonds. The van der Waals surface area contributed by atoms with Crippen LogP contribution in [0.3, 0.4) is 0 Å². The lowest BCUT2D eigenvalue weighted by Gasteiger charge is -2.21. The second-order valence-corrected chi connectivity index (χ2v) is 4.88. The molecule has 1 aromatic carbocycles. The van der Waals surface area contributed by atoms with E-state index in [-0.39, 0.29) is 12.7 Å². The molecule has 0 aliphatic heterocycles. The highest BCUT2D eigenvalue weighted by molar-refractivity contribution is 5.89. The van der Waals surface area contributed by atoms with Crippen molar-refractivity contribution in [1.82, 2.24) is 5.32 Å². The zero-order valence-electron chi connectivity index (χ0n) is 11.8. The second-order valence-electron chi connectivity index (χ2n) is 4.88. The van der Waals surface area contributed by atoms with Crippen LogP contribution in [0.25, 0.3) is 0 Å². The number of carboxylic acid groups (broad SMARTS) is 1. The monoisotopic (exact) mass is 307 g/mol. The van der Waals surface area contributed by atoms with Gasteiger partial charge in [0.25, 0.3) is 0 Å². The molecule has 0 saturated heterocycles. The summed E-state index contributed by atoms with van der Waals surface area (Å²) in [4.78, 5) is 44.2. The highest BCUT2D eigenvalue weighted by Gasteiger charge is 2.38. The molecule has 1 aromatic rings. The number of aliphatic carboxylic acids is 1. The number of hydrogen-bond acceptors (Lipinski definition) is 5. The lowest BCUT2D eigenvalue weighted by atomic mass is 9.95. The molecule has 0 aliphatic rings. The Labute approximate surface area is 127 Å². The highest BCUT2D eigenvalue weighted by Crippen LogP contribution is 2.14. The summed E-state index contributed by atoms with van der Waals surface area (Å²) in [5.41, 5.74) is -1.65. The summed E-state index contributed by atoms with van der Waals surface area (Å²) in [6.07, 6.45) is -0.511. The number of carboxylic acids is 1. The van der Waals surface area contributed by atoms with E-state index in [1.807, 2.05) is 6.07 Å². The summed E-state index contributed by atoms with van der Waals surface area (Å²) < 4.78 is 0. The van der Waals surface area contributed by atoms with Gasteiger partial charge in [0.2, 0.25) is 5.91 Å². The molecule has 0 bridgehead atoms. The molecule has 2 atom stereocenters. The third-order valence-electron chi connectivity index (χ3n) is 3.08. The zero-order valence-corrected chi connectivity index (χ0v) is 11.8. The SMILES string of the molecule is O=CCC(O)(CC(=O)NC(C=O)Cc1ccccc1)C(=O)O. The number of carbonyl (C=O) groups is 4. The van der Waals surface area contributed by atoms with Gasteiger partial charge in [-0.15, -0.1) is 0 Å². The van der Waals surface area contributed by atoms with Crippen LogP contribution in [0.5, 0.6) is 0 Å². The molecule has 0 radical (unpaired) electrons. The largest absolute Gasteiger partial charge is 0.479 e. The molecule has 0 fully saturated rings. The zero-order chi connectivity index (χ0) is 16.6. The molecule has 118 valence electrons. The van der Waals surface area contributed by atoms with Gasteiger partial charge in [-0.2, -0.15) is 0 Å². The van der Waals surface area contributed by atoms with Gasteiger partial charge >= 0.3 is 5.97 Å². The van der Waals surface area contributed by atoms with Crippen molar-refractivity contribution in [2.75, 3.05) is 0 Å². The first-order chi connectivity index (χ1) is 10.4. The van der Waals surface area contributed by atoms with Gasteiger partial charge in [-0.05, 0) is 12.0 Å². The van der Waals surface area contributed by atoms with Crippen molar-refractivity contribution >= 4 is 24.4 Å². The van der Waals surface area contributed by atoms with Gasteiger partial charge in [0, 0.05) is 6.42 Å². The average molecular weight is 307 g/mol. The Morgan fingerprint density at radius 2 is 1.86 bits per heavy atom. The fraction of sp³-hybridized carbons (Fsp3) is 0.333. The Hall–Kier alpha value is -2.54. The van der Waals surface area contributed by atoms with Crippen LogP contribution >= 0.6 is 0 Å². The summed E-state index contributed by atoms with van der Waals surface area (Å²) in [6.45, 7) is 0. The quantitative estimate of drug-likeness (QED) is 0.539. The predicted octanol–water partition coefficient (Wildman–Crippen LogP) is -0.292. The summed E-state index contributed by atoms with van der Waals surface area (Å²) >= 11 is 0. The van der Waals surface area contributed by atoms with Crippen molar-refractivity contribution in [1.29, 1.82) is 0 Å². The molecule has 0 aromatic heterocycles. The Morgan fingerprint density at radius 1 is 1.23 bits per heavy atom. The van der Waals surface area contributed by atoms with E-state index in [4.69, 9.17) is 5.11 Å². The number of nitrogens with one attached hydrogen (secondary N) is 1. The number of amides is 1. The van der Waals surface area contributed by atoms with E-state index < -0.39 is 36.4 Å². The van der Waals surface area contributed by atoms with Gasteiger partial charge in [-0.1, -0.05) is 30.3 Å². The molecule has 7 nitrogen and oxygen atoms in total. The maximum absolute atomic E-state index is 11.8. The Morgan fingerprint density at radius 3 is 2.36 bits per heavy atom. The summed E-state index contributed by atoms with van der Waals surface area (Å²) in [5, 5.41) is 21.0. The maximum atomic E-state index is 11.8. The number of aldehydes is 2. The van der Waals surface area contributed by atoms with E-state index in [2.05, 4.69) is 5.32 Å². The van der Waals surface area contributed by atoms with E-state index in [9.17, 15) is 24.3 Å². The standard InChI is InChI=1S/C15H17NO6/c17-7-6-15(22,14(20)21)9-13(19)16-12(10-18)8-11-4-2-1-3-5-11/h1-5,7,10,12,22H,6,8-9H2,(H,16,19)(H,20,21). The van der Waals surface area contributed by atoms with Gasteiger partial charge in [-0.25, -0.2) is 4.79 Å². The van der Waals surface area contributed by atoms with Crippen LogP contribution in [0, 0.1) is 0 Å². The van der Waals surface area contributed by atoms with Crippen LogP contribution in [0.15, 0.2) is 30.3 Å². The van der Waals surface area contributed by atoms with Crippen molar-refractivity contribution in [3.8, 4) is 0 Å². The minimum absolute atomic E-state index is 0.225. The predicted molar refractivity (Wildman–Crippen MR) is 76.0 cm³/mol. The third-order valence-corrected chi connectivity index (χ3v) is 3.08. The van der Waals surface area contributed by atoms with Crippen LogP contribution in [-0.2, 0) is 25.6 Å². The van der Waals surface area contributed by atoms with Crippen LogP contribution in [0.2, 0.25) is 0 Å². The molecule has 22 heavy (non-hydrogen) atoms. The van der Waals surface area contributed by atoms with Gasteiger partial charge in [-0.3, -0.25) is 4.79 Å². The van der Waals surface area contributed by atoms with Crippen molar-refractivity contribution in [3.63, 3.8) is 0 Å². The minimum atomic E-state index is -2.47. The number of benzene rings is 1. The van der Waals surface area contributed by atoms with Crippen molar-refractivity contribution in [3.05, 3.63) is 35.9 Å². The van der Waals surface area contributed by atoms with Crippen LogP contribution in [-0.4, -0.2) is 46.3 Å². The minimum Gasteiger partial charge on any atom is -0.479 e. The molecule has 1 rings (SSSR count). The van der Waals surface area contributed by atoms with Gasteiger partial charge in [0.05, 0.1) is 12.5 Å². The summed E-state index contributed by atoms with van der Waals surface area (Å²) in [7, 11) is 0. The number of aliphatic hydroxyl groups is 1. The molecule has 0 heterocycles. The van der Waals surface area contributed by atoms with Crippen molar-refractivity contribution in [2.45, 2.75) is 30.9 Å². The first-order valence-electron chi connectivity index (χ1n) is 6.59. The van der Waals surface area contributed by atoms with Crippen molar-refractivity contribution < 1.29 is 29.4 Å². The van der Waals surface area contributed by atoms with Gasteiger partial charge in [0.1, 0.15) is 12.6 Å². The molecule has 0 aliphatic carbocycles. The van der Waals surface area contributed by atoms with Gasteiger partial charge in [0.15, 0.2) is 5.60 Å². The Balaban J connectivity index is 2.66. The first-order valence-corrected chi connectivity index (χ1v) is 6.59. The number of hydrogen-bond donors (Lipinski definition) is 3. The number of rotatable bonds is 9. The molecule has 3 N–H and O–H groups in total. The van der Waals surface area contributed by atoms with Crippen LogP contribution < -0.4 is 5.32 Å². The Bertz CT molecular complexity index is 544. The lowest BCUT2D eigenvalue weighted by Crippen LogP contribution is -2.46. The first kappa shape index (κ1) is 17.5. The highest BCUT2D eigenvalue weighted by atomic mass is 16.4. The molecular formula is C15H17NO6. The molecule has 0 saturated carbocycles. The van der Waals surface area contributed by atoms with Crippen LogP contribution in [0.4, 0.5) is 0 Å². The number of carbonyl (C=O) groups excluding carboxylic acids is 3. The van der Waals surface area contributed by atoms with E-state index in [0.717, 1.165) is 5.56 Å². The van der Waals surface area contributed by atoms with Gasteiger partial charge < -0.3 is 25.1 Å². The smallest absolute Gasteiger partial charge is 0.336 e. The summed E-state index contributed by atoms with van der Waals surface area (Å²) in [6, 6.07) is 8.10. The van der Waals surface area contributed by atoms with Crippen LogP contribution in [0.1, 0.15) is 18.4 Å². The van der Waals surface area contributed by atoms with Crippen molar-refractivity contribution in [2.24, 2.45) is 0 Å². The van der Waals surface area contributed by atoms with E-state index in [1.165, 1.54) is 0 Å². The molecular weight excluding hydrogens is 290 g/mol.